The quantitative estimate of drug-likeness (QED) is 0.200. The molecule has 16 heteroatoms. The summed E-state index contributed by atoms with van der Waals surface area (Å²) >= 11 is 1.55. The number of rotatable bonds is 9. The number of amides is 2. The molecule has 2 amide bonds. The Bertz CT molecular complexity index is 2280. The average molecular weight is 839 g/mol. The summed E-state index contributed by atoms with van der Waals surface area (Å²) < 4.78 is 14.6. The second-order valence-electron chi connectivity index (χ2n) is 17.0. The largest absolute Gasteiger partial charge is 0.375 e. The number of thioether (sulfide) groups is 1. The zero-order chi connectivity index (χ0) is 42.3. The first-order valence-corrected chi connectivity index (χ1v) is 22.1. The highest BCUT2D eigenvalue weighted by molar-refractivity contribution is 8.14. The fraction of sp³-hybridized carbons (Fsp3) is 0.545. The Hall–Kier alpha value is -4.77. The minimum Gasteiger partial charge on any atom is -0.375 e. The van der Waals surface area contributed by atoms with Gasteiger partial charge in [0.1, 0.15) is 23.5 Å². The number of aliphatic imine (C=N–C) groups is 1. The van der Waals surface area contributed by atoms with Gasteiger partial charge in [0.15, 0.2) is 6.61 Å². The normalized spacial score (nSPS) is 27.2. The number of carbonyl (C=O) groups excluding carboxylic acids is 2. The molecule has 1 saturated carbocycles. The highest BCUT2D eigenvalue weighted by atomic mass is 32.2. The minimum atomic E-state index is -1.12. The van der Waals surface area contributed by atoms with Crippen LogP contribution in [0.25, 0.3) is 22.2 Å². The van der Waals surface area contributed by atoms with Crippen LogP contribution in [-0.2, 0) is 36.9 Å². The van der Waals surface area contributed by atoms with Crippen LogP contribution in [0.2, 0.25) is 0 Å². The van der Waals surface area contributed by atoms with Crippen LogP contribution < -0.4 is 10.7 Å². The van der Waals surface area contributed by atoms with Gasteiger partial charge in [-0.3, -0.25) is 24.6 Å². The number of methoxy groups -OCH3 is 1. The van der Waals surface area contributed by atoms with E-state index >= 15 is 0 Å². The number of benzene rings is 1. The molecule has 3 aliphatic heterocycles. The number of aromatic nitrogens is 4. The van der Waals surface area contributed by atoms with E-state index in [0.29, 0.717) is 48.1 Å². The van der Waals surface area contributed by atoms with Crippen molar-refractivity contribution in [2.24, 2.45) is 22.2 Å². The number of pyridine rings is 1. The Labute approximate surface area is 355 Å². The lowest BCUT2D eigenvalue weighted by Crippen LogP contribution is -2.63. The number of nitrogens with one attached hydrogen (secondary N) is 2. The van der Waals surface area contributed by atoms with Crippen LogP contribution in [0.15, 0.2) is 60.1 Å². The summed E-state index contributed by atoms with van der Waals surface area (Å²) in [7, 11) is 1.70. The van der Waals surface area contributed by atoms with Gasteiger partial charge in [0.25, 0.3) is 5.91 Å². The van der Waals surface area contributed by atoms with Crippen LogP contribution in [0, 0.1) is 22.2 Å². The van der Waals surface area contributed by atoms with Gasteiger partial charge in [-0.05, 0) is 81.0 Å². The minimum absolute atomic E-state index is 0.0197. The standard InChI is InChI=1S/C44H55N9O6S/c1-8-51-33-15-14-27-20-29(33)30(39(51)28-12-10-17-46-37(28)26(4)57-7)21-44(5,6)23-59-53(56)34-13-11-19-52(50-34)43(55)38(40(58-9-2)42-48-32(27)22-60-42)49-41(54)36-25(3)35(36)31-16-18-45-24-47-31/h10,12,14-18,20,24-26,32,34-36,38,40,50H,8-9,11,13,19,21-23H2,1-7H3/p+1/t25-,26+,32?,34-,35-,36+,38+,40+/m1/s1. The van der Waals surface area contributed by atoms with Crippen molar-refractivity contribution in [3.8, 4) is 11.3 Å². The van der Waals surface area contributed by atoms with E-state index in [0.717, 1.165) is 44.7 Å². The molecule has 1 unspecified atom stereocenters. The van der Waals surface area contributed by atoms with Crippen molar-refractivity contribution >= 4 is 39.5 Å². The Balaban J connectivity index is 1.23. The van der Waals surface area contributed by atoms with Crippen molar-refractivity contribution in [1.82, 2.24) is 35.3 Å². The molecule has 6 heterocycles. The topological polar surface area (TPSA) is 165 Å². The van der Waals surface area contributed by atoms with Gasteiger partial charge in [0, 0.05) is 90.8 Å². The smallest absolute Gasteiger partial charge is 0.326 e. The second-order valence-corrected chi connectivity index (χ2v) is 18.1. The maximum absolute atomic E-state index is 14.7. The van der Waals surface area contributed by atoms with E-state index in [-0.39, 0.29) is 49.0 Å². The number of hydrazine groups is 1. The number of hydrogen-bond donors (Lipinski definition) is 2. The highest BCUT2D eigenvalue weighted by Gasteiger charge is 2.55. The molecule has 8 rings (SSSR count). The SMILES string of the molecule is CCO[C@@H]1C2=NC(CS2)c2ccc3c(c2)c(c(-c2cccnc2[C@H](C)OC)n3CC)CC(C)(C)CO[N+](=O)[C@@H]2CCCN(N2)C(=O)[C@H]1NC(=O)[C@H]1[C@H](C)[C@@H]1c1ccncn1. The van der Waals surface area contributed by atoms with Crippen LogP contribution in [-0.4, -0.2) is 97.2 Å². The molecule has 318 valence electrons. The van der Waals surface area contributed by atoms with Gasteiger partial charge in [-0.15, -0.1) is 11.8 Å². The van der Waals surface area contributed by atoms with E-state index in [9.17, 15) is 14.5 Å². The average Bonchev–Trinajstić information content (AvgIpc) is 3.55. The number of fused-ring (bicyclic) bond motifs is 5. The third-order valence-corrected chi connectivity index (χ3v) is 13.5. The van der Waals surface area contributed by atoms with Gasteiger partial charge in [-0.1, -0.05) is 26.8 Å². The number of ether oxygens (including phenoxy) is 2. The predicted molar refractivity (Wildman–Crippen MR) is 229 cm³/mol. The molecule has 15 nitrogen and oxygen atoms in total. The first-order chi connectivity index (χ1) is 28.9. The van der Waals surface area contributed by atoms with Crippen LogP contribution in [0.4, 0.5) is 0 Å². The molecule has 4 aliphatic rings. The zero-order valence-electron chi connectivity index (χ0n) is 35.5. The lowest BCUT2D eigenvalue weighted by Gasteiger charge is -2.34. The van der Waals surface area contributed by atoms with Crippen molar-refractivity contribution in [2.75, 3.05) is 32.6 Å². The summed E-state index contributed by atoms with van der Waals surface area (Å²) in [5.41, 5.74) is 9.59. The molecule has 0 spiro atoms. The Morgan fingerprint density at radius 3 is 2.77 bits per heavy atom. The Morgan fingerprint density at radius 2 is 2.02 bits per heavy atom. The van der Waals surface area contributed by atoms with E-state index in [1.807, 2.05) is 32.9 Å². The van der Waals surface area contributed by atoms with Crippen molar-refractivity contribution in [1.29, 1.82) is 0 Å². The van der Waals surface area contributed by atoms with Crippen molar-refractivity contribution in [3.05, 3.63) is 82.5 Å². The van der Waals surface area contributed by atoms with Gasteiger partial charge in [-0.25, -0.2) is 14.8 Å². The molecule has 1 aliphatic carbocycles. The molecule has 2 fully saturated rings. The maximum Gasteiger partial charge on any atom is 0.326 e. The van der Waals surface area contributed by atoms with Gasteiger partial charge in [0.2, 0.25) is 10.8 Å². The summed E-state index contributed by atoms with van der Waals surface area (Å²) in [6, 6.07) is 11.1. The number of aryl methyl sites for hydroxylation is 1. The molecule has 0 radical (unpaired) electrons. The van der Waals surface area contributed by atoms with Gasteiger partial charge >= 0.3 is 6.17 Å². The zero-order valence-corrected chi connectivity index (χ0v) is 36.3. The van der Waals surface area contributed by atoms with Crippen LogP contribution in [0.1, 0.15) is 95.0 Å². The van der Waals surface area contributed by atoms with Crippen molar-refractivity contribution < 1.29 is 28.8 Å². The monoisotopic (exact) mass is 838 g/mol. The molecule has 4 aromatic rings. The molecule has 1 aromatic carbocycles. The molecule has 6 bridgehead atoms. The van der Waals surface area contributed by atoms with E-state index in [1.165, 1.54) is 11.3 Å². The fourth-order valence-electron chi connectivity index (χ4n) is 9.16. The van der Waals surface area contributed by atoms with E-state index < -0.39 is 29.6 Å². The van der Waals surface area contributed by atoms with E-state index in [2.05, 4.69) is 70.3 Å². The van der Waals surface area contributed by atoms with Gasteiger partial charge in [-0.2, -0.15) is 5.43 Å². The number of hydrogen-bond acceptors (Lipinski definition) is 12. The summed E-state index contributed by atoms with van der Waals surface area (Å²) in [4.78, 5) is 67.9. The van der Waals surface area contributed by atoms with Crippen molar-refractivity contribution in [2.45, 2.75) is 104 Å². The lowest BCUT2D eigenvalue weighted by molar-refractivity contribution is -0.835. The van der Waals surface area contributed by atoms with Gasteiger partial charge in [0.05, 0.1) is 28.4 Å². The Kier molecular flexibility index (Phi) is 12.1. The van der Waals surface area contributed by atoms with E-state index in [1.54, 1.807) is 31.3 Å². The van der Waals surface area contributed by atoms with E-state index in [4.69, 9.17) is 24.3 Å². The molecule has 2 N–H and O–H groups in total. The third kappa shape index (κ3) is 8.06. The Morgan fingerprint density at radius 1 is 1.18 bits per heavy atom. The molecular formula is C44H56N9O6S+. The summed E-state index contributed by atoms with van der Waals surface area (Å²) in [5, 5.41) is 6.29. The van der Waals surface area contributed by atoms with Crippen LogP contribution in [0.3, 0.4) is 0 Å². The molecule has 60 heavy (non-hydrogen) atoms. The third-order valence-electron chi connectivity index (χ3n) is 12.4. The van der Waals surface area contributed by atoms with Crippen molar-refractivity contribution in [3.63, 3.8) is 0 Å². The summed E-state index contributed by atoms with van der Waals surface area (Å²) in [6.45, 7) is 13.7. The predicted octanol–water partition coefficient (Wildman–Crippen LogP) is 6.09. The first kappa shape index (κ1) is 41.9. The maximum atomic E-state index is 14.7. The van der Waals surface area contributed by atoms with Gasteiger partial charge < -0.3 is 19.4 Å². The van der Waals surface area contributed by atoms with Crippen LogP contribution in [0.5, 0.6) is 0 Å². The number of carbonyl (C=O) groups is 2. The molecule has 1 saturated heterocycles. The second kappa shape index (κ2) is 17.3. The summed E-state index contributed by atoms with van der Waals surface area (Å²) in [6.07, 6.45) is 4.63. The summed E-state index contributed by atoms with van der Waals surface area (Å²) in [5.74, 6) is -0.487. The molecular weight excluding hydrogens is 783 g/mol. The van der Waals surface area contributed by atoms with Crippen LogP contribution >= 0.6 is 11.8 Å². The number of nitrogens with zero attached hydrogens (tertiary/aromatic N) is 7. The fourth-order valence-corrected chi connectivity index (χ4v) is 10.3. The molecule has 3 aromatic heterocycles. The highest BCUT2D eigenvalue weighted by Crippen LogP contribution is 2.53. The molecule has 8 atom stereocenters. The lowest BCUT2D eigenvalue weighted by atomic mass is 9.84. The first-order valence-electron chi connectivity index (χ1n) is 21.1.